The summed E-state index contributed by atoms with van der Waals surface area (Å²) in [5.41, 5.74) is 5.08. The molecule has 0 spiro atoms. The van der Waals surface area contributed by atoms with E-state index in [1.165, 1.54) is 54.4 Å². The minimum Gasteiger partial charge on any atom is -0.494 e. The van der Waals surface area contributed by atoms with E-state index in [1.807, 2.05) is 0 Å². The van der Waals surface area contributed by atoms with Gasteiger partial charge in [-0.25, -0.2) is 0 Å². The highest BCUT2D eigenvalue weighted by Crippen LogP contribution is 2.17. The average Bonchev–Trinajstić information content (AvgIpc) is 2.63. The van der Waals surface area contributed by atoms with Gasteiger partial charge in [0.05, 0.1) is 6.61 Å². The summed E-state index contributed by atoms with van der Waals surface area (Å²) >= 11 is 0. The third-order valence-electron chi connectivity index (χ3n) is 4.54. The first kappa shape index (κ1) is 19.3. The topological polar surface area (TPSA) is 9.23 Å². The maximum Gasteiger partial charge on any atom is 0.119 e. The lowest BCUT2D eigenvalue weighted by Gasteiger charge is -2.06. The fraction of sp³-hybridized carbons (Fsp3) is 0.417. The first-order valence-electron chi connectivity index (χ1n) is 9.67. The number of aryl methyl sites for hydroxylation is 2. The smallest absolute Gasteiger partial charge is 0.119 e. The zero-order valence-corrected chi connectivity index (χ0v) is 16.1. The molecule has 2 aromatic rings. The number of hydrogen-bond donors (Lipinski definition) is 0. The molecule has 0 bridgehead atoms. The van der Waals surface area contributed by atoms with E-state index in [0.29, 0.717) is 0 Å². The van der Waals surface area contributed by atoms with E-state index in [2.05, 4.69) is 75.4 Å². The van der Waals surface area contributed by atoms with Crippen LogP contribution in [0.3, 0.4) is 0 Å². The molecule has 0 saturated heterocycles. The molecule has 0 aliphatic heterocycles. The molecule has 0 fully saturated rings. The molecule has 25 heavy (non-hydrogen) atoms. The molecule has 0 N–H and O–H groups in total. The second-order valence-corrected chi connectivity index (χ2v) is 6.88. The molecule has 0 atom stereocenters. The van der Waals surface area contributed by atoms with Crippen molar-refractivity contribution < 1.29 is 4.74 Å². The average molecular weight is 337 g/mol. The Morgan fingerprint density at radius 1 is 0.800 bits per heavy atom. The van der Waals surface area contributed by atoms with Crippen molar-refractivity contribution in [1.29, 1.82) is 0 Å². The molecule has 2 rings (SSSR count). The van der Waals surface area contributed by atoms with Crippen LogP contribution in [0.5, 0.6) is 5.75 Å². The van der Waals surface area contributed by atoms with Crippen molar-refractivity contribution in [3.05, 3.63) is 64.7 Å². The summed E-state index contributed by atoms with van der Waals surface area (Å²) < 4.78 is 5.84. The maximum atomic E-state index is 5.84. The van der Waals surface area contributed by atoms with Crippen molar-refractivity contribution in [2.45, 2.75) is 59.3 Å². The summed E-state index contributed by atoms with van der Waals surface area (Å²) in [5.74, 6) is 0.970. The largest absolute Gasteiger partial charge is 0.494 e. The second kappa shape index (κ2) is 10.8. The van der Waals surface area contributed by atoms with Gasteiger partial charge in [-0.05, 0) is 49.1 Å². The molecule has 0 heterocycles. The SMILES string of the molecule is CCCCCCCCOc1ccc(C=Cc2cc(C)ccc2C)cc1. The molecule has 0 aromatic heterocycles. The van der Waals surface area contributed by atoms with E-state index >= 15 is 0 Å². The first-order chi connectivity index (χ1) is 12.2. The minimum atomic E-state index is 0.823. The number of ether oxygens (including phenoxy) is 1. The van der Waals surface area contributed by atoms with Gasteiger partial charge in [-0.2, -0.15) is 0 Å². The maximum absolute atomic E-state index is 5.84. The van der Waals surface area contributed by atoms with Crippen LogP contribution in [0.2, 0.25) is 0 Å². The summed E-state index contributed by atoms with van der Waals surface area (Å²) in [6.07, 6.45) is 12.1. The van der Waals surface area contributed by atoms with Crippen molar-refractivity contribution in [2.75, 3.05) is 6.61 Å². The van der Waals surface area contributed by atoms with Crippen LogP contribution in [0.4, 0.5) is 0 Å². The lowest BCUT2D eigenvalue weighted by Crippen LogP contribution is -1.97. The molecular formula is C24H32O. The Labute approximate surface area is 153 Å². The van der Waals surface area contributed by atoms with Crippen molar-refractivity contribution >= 4 is 12.2 Å². The monoisotopic (exact) mass is 336 g/mol. The van der Waals surface area contributed by atoms with Crippen LogP contribution in [0, 0.1) is 13.8 Å². The highest BCUT2D eigenvalue weighted by molar-refractivity contribution is 5.71. The van der Waals surface area contributed by atoms with Crippen LogP contribution in [0.1, 0.15) is 67.7 Å². The number of unbranched alkanes of at least 4 members (excludes halogenated alkanes) is 5. The summed E-state index contributed by atoms with van der Waals surface area (Å²) in [4.78, 5) is 0. The lowest BCUT2D eigenvalue weighted by atomic mass is 10.0. The minimum absolute atomic E-state index is 0.823. The molecule has 1 nitrogen and oxygen atoms in total. The van der Waals surface area contributed by atoms with E-state index in [-0.39, 0.29) is 0 Å². The van der Waals surface area contributed by atoms with Crippen LogP contribution in [-0.4, -0.2) is 6.61 Å². The Bertz CT molecular complexity index is 652. The van der Waals surface area contributed by atoms with Gasteiger partial charge in [0.2, 0.25) is 0 Å². The van der Waals surface area contributed by atoms with Gasteiger partial charge in [0.25, 0.3) is 0 Å². The molecule has 0 aliphatic rings. The predicted octanol–water partition coefficient (Wildman–Crippen LogP) is 7.21. The Morgan fingerprint density at radius 3 is 2.28 bits per heavy atom. The van der Waals surface area contributed by atoms with Crippen molar-refractivity contribution in [1.82, 2.24) is 0 Å². The standard InChI is InChI=1S/C24H32O/c1-4-5-6-7-8-9-18-25-24-16-13-22(14-17-24)12-15-23-19-20(2)10-11-21(23)3/h10-17,19H,4-9,18H2,1-3H3. The van der Waals surface area contributed by atoms with Crippen molar-refractivity contribution in [3.63, 3.8) is 0 Å². The lowest BCUT2D eigenvalue weighted by molar-refractivity contribution is 0.304. The van der Waals surface area contributed by atoms with Crippen LogP contribution < -0.4 is 4.74 Å². The van der Waals surface area contributed by atoms with E-state index in [4.69, 9.17) is 4.74 Å². The molecule has 0 aliphatic carbocycles. The van der Waals surface area contributed by atoms with Gasteiger partial charge in [-0.3, -0.25) is 0 Å². The summed E-state index contributed by atoms with van der Waals surface area (Å²) in [6.45, 7) is 7.36. The Kier molecular flexibility index (Phi) is 8.31. The van der Waals surface area contributed by atoms with Crippen molar-refractivity contribution in [2.24, 2.45) is 0 Å². The van der Waals surface area contributed by atoms with E-state index < -0.39 is 0 Å². The molecule has 0 saturated carbocycles. The Balaban J connectivity index is 1.78. The van der Waals surface area contributed by atoms with Gasteiger partial charge in [0.15, 0.2) is 0 Å². The Morgan fingerprint density at radius 2 is 1.52 bits per heavy atom. The van der Waals surface area contributed by atoms with Gasteiger partial charge in [-0.1, -0.05) is 87.1 Å². The van der Waals surface area contributed by atoms with Gasteiger partial charge in [0.1, 0.15) is 5.75 Å². The van der Waals surface area contributed by atoms with Crippen LogP contribution >= 0.6 is 0 Å². The molecular weight excluding hydrogens is 304 g/mol. The van der Waals surface area contributed by atoms with Gasteiger partial charge >= 0.3 is 0 Å². The van der Waals surface area contributed by atoms with E-state index in [9.17, 15) is 0 Å². The summed E-state index contributed by atoms with van der Waals surface area (Å²) in [7, 11) is 0. The van der Waals surface area contributed by atoms with Gasteiger partial charge < -0.3 is 4.74 Å². The fourth-order valence-electron chi connectivity index (χ4n) is 2.87. The van der Waals surface area contributed by atoms with Gasteiger partial charge in [0, 0.05) is 0 Å². The van der Waals surface area contributed by atoms with Crippen LogP contribution in [0.25, 0.3) is 12.2 Å². The van der Waals surface area contributed by atoms with Gasteiger partial charge in [-0.15, -0.1) is 0 Å². The molecule has 0 radical (unpaired) electrons. The highest BCUT2D eigenvalue weighted by Gasteiger charge is 1.97. The molecule has 134 valence electrons. The molecule has 2 aromatic carbocycles. The first-order valence-corrected chi connectivity index (χ1v) is 9.67. The fourth-order valence-corrected chi connectivity index (χ4v) is 2.87. The quantitative estimate of drug-likeness (QED) is 0.329. The van der Waals surface area contributed by atoms with Crippen LogP contribution in [-0.2, 0) is 0 Å². The third-order valence-corrected chi connectivity index (χ3v) is 4.54. The summed E-state index contributed by atoms with van der Waals surface area (Å²) in [6, 6.07) is 14.9. The van der Waals surface area contributed by atoms with Crippen molar-refractivity contribution in [3.8, 4) is 5.75 Å². The molecule has 0 amide bonds. The number of hydrogen-bond acceptors (Lipinski definition) is 1. The van der Waals surface area contributed by atoms with E-state index in [0.717, 1.165) is 18.8 Å². The summed E-state index contributed by atoms with van der Waals surface area (Å²) in [5, 5.41) is 0. The predicted molar refractivity (Wildman–Crippen MR) is 110 cm³/mol. The molecule has 1 heteroatoms. The molecule has 0 unspecified atom stereocenters. The second-order valence-electron chi connectivity index (χ2n) is 6.88. The van der Waals surface area contributed by atoms with E-state index in [1.54, 1.807) is 0 Å². The number of rotatable bonds is 10. The van der Waals surface area contributed by atoms with Crippen LogP contribution in [0.15, 0.2) is 42.5 Å². The zero-order chi connectivity index (χ0) is 17.9. The normalized spacial score (nSPS) is 11.2. The highest BCUT2D eigenvalue weighted by atomic mass is 16.5. The number of benzene rings is 2. The zero-order valence-electron chi connectivity index (χ0n) is 16.1. The Hall–Kier alpha value is -2.02. The third kappa shape index (κ3) is 7.17.